The molecular weight excluding hydrogens is 292 g/mol. The summed E-state index contributed by atoms with van der Waals surface area (Å²) < 4.78 is 10.6. The molecular formula is C15H25ClN2O3. The van der Waals surface area contributed by atoms with Crippen LogP contribution in [0.1, 0.15) is 20.8 Å². The highest BCUT2D eigenvalue weighted by atomic mass is 35.5. The van der Waals surface area contributed by atoms with Crippen LogP contribution in [-0.2, 0) is 4.79 Å². The summed E-state index contributed by atoms with van der Waals surface area (Å²) in [6.07, 6.45) is 0. The maximum atomic E-state index is 12.0. The van der Waals surface area contributed by atoms with Gasteiger partial charge in [-0.05, 0) is 25.0 Å². The maximum absolute atomic E-state index is 12.0. The molecule has 1 atom stereocenters. The fraction of sp³-hybridized carbons (Fsp3) is 0.533. The average molecular weight is 317 g/mol. The van der Waals surface area contributed by atoms with E-state index < -0.39 is 5.54 Å². The third kappa shape index (κ3) is 5.44. The normalized spacial score (nSPS) is 13.0. The lowest BCUT2D eigenvalue weighted by Crippen LogP contribution is -2.56. The zero-order chi connectivity index (χ0) is 15.2. The summed E-state index contributed by atoms with van der Waals surface area (Å²) in [6.45, 7) is 6.29. The molecule has 1 aromatic carbocycles. The van der Waals surface area contributed by atoms with Crippen LogP contribution in [0.5, 0.6) is 11.5 Å². The second-order valence-corrected chi connectivity index (χ2v) is 5.26. The SMILES string of the molecule is COc1ccccc1OCC(=O)NC(C)(CN)C(C)C.Cl. The third-order valence-corrected chi connectivity index (χ3v) is 3.55. The Bertz CT molecular complexity index is 454. The first-order chi connectivity index (χ1) is 9.42. The quantitative estimate of drug-likeness (QED) is 0.807. The number of carbonyl (C=O) groups excluding carboxylic acids is 1. The van der Waals surface area contributed by atoms with E-state index in [1.165, 1.54) is 0 Å². The molecule has 0 aliphatic rings. The molecule has 1 rings (SSSR count). The number of para-hydroxylation sites is 2. The largest absolute Gasteiger partial charge is 0.493 e. The number of rotatable bonds is 7. The molecule has 0 saturated carbocycles. The van der Waals surface area contributed by atoms with E-state index in [0.717, 1.165) is 0 Å². The highest BCUT2D eigenvalue weighted by Gasteiger charge is 2.28. The lowest BCUT2D eigenvalue weighted by molar-refractivity contribution is -0.125. The molecule has 6 heteroatoms. The highest BCUT2D eigenvalue weighted by Crippen LogP contribution is 2.25. The number of hydrogen-bond donors (Lipinski definition) is 2. The van der Waals surface area contributed by atoms with Crippen LogP contribution < -0.4 is 20.5 Å². The smallest absolute Gasteiger partial charge is 0.258 e. The second kappa shape index (κ2) is 8.74. The van der Waals surface area contributed by atoms with Crippen LogP contribution in [0, 0.1) is 5.92 Å². The van der Waals surface area contributed by atoms with Crippen LogP contribution in [0.3, 0.4) is 0 Å². The Labute approximate surface area is 132 Å². The standard InChI is InChI=1S/C15H24N2O3.ClH/c1-11(2)15(3,10-16)17-14(18)9-20-13-8-6-5-7-12(13)19-4;/h5-8,11H,9-10,16H2,1-4H3,(H,17,18);1H. The Morgan fingerprint density at radius 2 is 1.90 bits per heavy atom. The fourth-order valence-corrected chi connectivity index (χ4v) is 1.67. The van der Waals surface area contributed by atoms with E-state index in [1.54, 1.807) is 19.2 Å². The van der Waals surface area contributed by atoms with Crippen molar-refractivity contribution in [1.29, 1.82) is 0 Å². The van der Waals surface area contributed by atoms with Crippen molar-refractivity contribution in [1.82, 2.24) is 5.32 Å². The predicted molar refractivity (Wildman–Crippen MR) is 86.2 cm³/mol. The molecule has 0 saturated heterocycles. The molecule has 21 heavy (non-hydrogen) atoms. The van der Waals surface area contributed by atoms with Gasteiger partial charge in [0.2, 0.25) is 0 Å². The number of ether oxygens (including phenoxy) is 2. The Morgan fingerprint density at radius 3 is 2.38 bits per heavy atom. The minimum atomic E-state index is -0.429. The molecule has 1 aromatic rings. The number of nitrogens with two attached hydrogens (primary N) is 1. The van der Waals surface area contributed by atoms with Gasteiger partial charge in [0.25, 0.3) is 5.91 Å². The molecule has 0 spiro atoms. The lowest BCUT2D eigenvalue weighted by atomic mass is 9.88. The predicted octanol–water partition coefficient (Wildman–Crippen LogP) is 1.99. The summed E-state index contributed by atoms with van der Waals surface area (Å²) in [5.74, 6) is 1.19. The minimum Gasteiger partial charge on any atom is -0.493 e. The molecule has 3 N–H and O–H groups in total. The summed E-state index contributed by atoms with van der Waals surface area (Å²) in [5, 5.41) is 2.92. The van der Waals surface area contributed by atoms with E-state index >= 15 is 0 Å². The monoisotopic (exact) mass is 316 g/mol. The van der Waals surface area contributed by atoms with Gasteiger partial charge >= 0.3 is 0 Å². The van der Waals surface area contributed by atoms with Gasteiger partial charge in [-0.1, -0.05) is 26.0 Å². The first-order valence-electron chi connectivity index (χ1n) is 6.70. The summed E-state index contributed by atoms with van der Waals surface area (Å²) in [5.41, 5.74) is 5.30. The van der Waals surface area contributed by atoms with Gasteiger partial charge in [0.05, 0.1) is 12.6 Å². The van der Waals surface area contributed by atoms with Crippen molar-refractivity contribution < 1.29 is 14.3 Å². The molecule has 0 heterocycles. The number of halogens is 1. The Balaban J connectivity index is 0.00000400. The fourth-order valence-electron chi connectivity index (χ4n) is 1.67. The van der Waals surface area contributed by atoms with Crippen molar-refractivity contribution >= 4 is 18.3 Å². The van der Waals surface area contributed by atoms with E-state index in [1.807, 2.05) is 32.9 Å². The summed E-state index contributed by atoms with van der Waals surface area (Å²) >= 11 is 0. The first-order valence-corrected chi connectivity index (χ1v) is 6.70. The van der Waals surface area contributed by atoms with Gasteiger partial charge in [0.1, 0.15) is 0 Å². The number of benzene rings is 1. The van der Waals surface area contributed by atoms with Crippen molar-refractivity contribution in [2.75, 3.05) is 20.3 Å². The van der Waals surface area contributed by atoms with E-state index in [-0.39, 0.29) is 30.8 Å². The molecule has 0 aromatic heterocycles. The van der Waals surface area contributed by atoms with Crippen LogP contribution in [-0.4, -0.2) is 31.7 Å². The van der Waals surface area contributed by atoms with Crippen LogP contribution in [0.4, 0.5) is 0 Å². The van der Waals surface area contributed by atoms with Crippen molar-refractivity contribution in [2.24, 2.45) is 11.7 Å². The number of methoxy groups -OCH3 is 1. The Kier molecular flexibility index (Phi) is 8.14. The van der Waals surface area contributed by atoms with Crippen molar-refractivity contribution in [3.63, 3.8) is 0 Å². The topological polar surface area (TPSA) is 73.6 Å². The van der Waals surface area contributed by atoms with Gasteiger partial charge in [-0.25, -0.2) is 0 Å². The van der Waals surface area contributed by atoms with E-state index in [9.17, 15) is 4.79 Å². The minimum absolute atomic E-state index is 0. The maximum Gasteiger partial charge on any atom is 0.258 e. The number of amides is 1. The summed E-state index contributed by atoms with van der Waals surface area (Å²) in [7, 11) is 1.56. The van der Waals surface area contributed by atoms with Gasteiger partial charge in [-0.3, -0.25) is 4.79 Å². The molecule has 0 radical (unpaired) electrons. The molecule has 5 nitrogen and oxygen atoms in total. The van der Waals surface area contributed by atoms with Gasteiger partial charge in [-0.15, -0.1) is 12.4 Å². The number of carbonyl (C=O) groups is 1. The molecule has 0 aliphatic carbocycles. The zero-order valence-electron chi connectivity index (χ0n) is 13.0. The average Bonchev–Trinajstić information content (AvgIpc) is 2.45. The van der Waals surface area contributed by atoms with Gasteiger partial charge < -0.3 is 20.5 Å². The molecule has 0 bridgehead atoms. The highest BCUT2D eigenvalue weighted by molar-refractivity contribution is 5.85. The first kappa shape index (κ1) is 19.5. The number of nitrogens with one attached hydrogen (secondary N) is 1. The Hall–Kier alpha value is -1.46. The van der Waals surface area contributed by atoms with E-state index in [0.29, 0.717) is 18.0 Å². The van der Waals surface area contributed by atoms with Crippen molar-refractivity contribution in [3.05, 3.63) is 24.3 Å². The second-order valence-electron chi connectivity index (χ2n) is 5.26. The lowest BCUT2D eigenvalue weighted by Gasteiger charge is -2.33. The van der Waals surface area contributed by atoms with Crippen molar-refractivity contribution in [3.8, 4) is 11.5 Å². The molecule has 0 aliphatic heterocycles. The zero-order valence-corrected chi connectivity index (χ0v) is 13.8. The van der Waals surface area contributed by atoms with Gasteiger partial charge in [0, 0.05) is 6.54 Å². The summed E-state index contributed by atoms with van der Waals surface area (Å²) in [6, 6.07) is 7.21. The van der Waals surface area contributed by atoms with Crippen LogP contribution in [0.2, 0.25) is 0 Å². The van der Waals surface area contributed by atoms with E-state index in [4.69, 9.17) is 15.2 Å². The van der Waals surface area contributed by atoms with Crippen LogP contribution >= 0.6 is 12.4 Å². The number of hydrogen-bond acceptors (Lipinski definition) is 4. The molecule has 0 fully saturated rings. The van der Waals surface area contributed by atoms with Crippen LogP contribution in [0.25, 0.3) is 0 Å². The molecule has 1 amide bonds. The molecule has 1 unspecified atom stereocenters. The summed E-state index contributed by atoms with van der Waals surface area (Å²) in [4.78, 5) is 12.0. The Morgan fingerprint density at radius 1 is 1.33 bits per heavy atom. The third-order valence-electron chi connectivity index (χ3n) is 3.55. The van der Waals surface area contributed by atoms with Crippen LogP contribution in [0.15, 0.2) is 24.3 Å². The molecule has 120 valence electrons. The van der Waals surface area contributed by atoms with Crippen molar-refractivity contribution in [2.45, 2.75) is 26.3 Å². The van der Waals surface area contributed by atoms with Gasteiger partial charge in [-0.2, -0.15) is 0 Å². The van der Waals surface area contributed by atoms with Gasteiger partial charge in [0.15, 0.2) is 18.1 Å². The van der Waals surface area contributed by atoms with E-state index in [2.05, 4.69) is 5.32 Å².